The first kappa shape index (κ1) is 16.0. The molecule has 0 radical (unpaired) electrons. The Kier molecular flexibility index (Phi) is 4.45. The van der Waals surface area contributed by atoms with Crippen molar-refractivity contribution >= 4 is 11.9 Å². The lowest BCUT2D eigenvalue weighted by atomic mass is 9.97. The van der Waals surface area contributed by atoms with Crippen molar-refractivity contribution in [1.82, 2.24) is 15.2 Å². The molecule has 24 heavy (non-hydrogen) atoms. The fourth-order valence-corrected chi connectivity index (χ4v) is 2.75. The second-order valence-electron chi connectivity index (χ2n) is 5.65. The van der Waals surface area contributed by atoms with Gasteiger partial charge >= 0.3 is 5.97 Å². The van der Waals surface area contributed by atoms with Gasteiger partial charge in [-0.1, -0.05) is 0 Å². The molecule has 0 atom stereocenters. The van der Waals surface area contributed by atoms with Gasteiger partial charge in [0.1, 0.15) is 5.75 Å². The lowest BCUT2D eigenvalue weighted by Crippen LogP contribution is -2.38. The van der Waals surface area contributed by atoms with Crippen molar-refractivity contribution < 1.29 is 14.6 Å². The Morgan fingerprint density at radius 3 is 2.46 bits per heavy atom. The Morgan fingerprint density at radius 1 is 1.25 bits per heavy atom. The number of aromatic amines is 1. The number of carboxylic acids is 1. The molecule has 2 N–H and O–H groups in total. The highest BCUT2D eigenvalue weighted by molar-refractivity contribution is 5.70. The summed E-state index contributed by atoms with van der Waals surface area (Å²) in [7, 11) is 1.57. The number of hydrogen-bond donors (Lipinski definition) is 2. The molecule has 0 aliphatic carbocycles. The summed E-state index contributed by atoms with van der Waals surface area (Å²) in [6, 6.07) is 6.99. The molecule has 0 bridgehead atoms. The Hall–Kier alpha value is -2.90. The number of anilines is 1. The van der Waals surface area contributed by atoms with E-state index < -0.39 is 5.97 Å². The van der Waals surface area contributed by atoms with Crippen LogP contribution in [0, 0.1) is 5.92 Å². The summed E-state index contributed by atoms with van der Waals surface area (Å²) in [5.74, 6) is -0.0363. The zero-order chi connectivity index (χ0) is 17.1. The number of ether oxygens (including phenoxy) is 1. The maximum atomic E-state index is 12.3. The molecule has 1 aliphatic rings. The number of piperidine rings is 1. The highest BCUT2D eigenvalue weighted by Crippen LogP contribution is 2.21. The van der Waals surface area contributed by atoms with Crippen LogP contribution in [0.3, 0.4) is 0 Å². The van der Waals surface area contributed by atoms with E-state index in [2.05, 4.69) is 15.2 Å². The molecule has 8 heteroatoms. The number of benzene rings is 1. The summed E-state index contributed by atoms with van der Waals surface area (Å²) in [5, 5.41) is 17.2. The Bertz CT molecular complexity index is 779. The number of methoxy groups -OCH3 is 1. The monoisotopic (exact) mass is 330 g/mol. The van der Waals surface area contributed by atoms with Crippen LogP contribution in [0.5, 0.6) is 5.75 Å². The minimum absolute atomic E-state index is 0.238. The van der Waals surface area contributed by atoms with E-state index in [9.17, 15) is 9.59 Å². The second kappa shape index (κ2) is 6.69. The number of aromatic nitrogens is 3. The van der Waals surface area contributed by atoms with Gasteiger partial charge < -0.3 is 14.7 Å². The zero-order valence-corrected chi connectivity index (χ0v) is 13.2. The van der Waals surface area contributed by atoms with Gasteiger partial charge in [-0.2, -0.15) is 0 Å². The number of H-pyrrole nitrogens is 1. The molecule has 8 nitrogen and oxygen atoms in total. The van der Waals surface area contributed by atoms with Gasteiger partial charge in [-0.25, -0.2) is 0 Å². The first-order chi connectivity index (χ1) is 11.6. The first-order valence-corrected chi connectivity index (χ1v) is 7.67. The van der Waals surface area contributed by atoms with Gasteiger partial charge in [0.05, 0.1) is 13.0 Å². The van der Waals surface area contributed by atoms with Crippen LogP contribution < -0.4 is 15.2 Å². The van der Waals surface area contributed by atoms with Crippen molar-refractivity contribution in [2.24, 2.45) is 5.92 Å². The van der Waals surface area contributed by atoms with E-state index in [-0.39, 0.29) is 17.2 Å². The van der Waals surface area contributed by atoms with E-state index in [0.29, 0.717) is 43.2 Å². The molecule has 0 amide bonds. The fraction of sp³-hybridized carbons (Fsp3) is 0.375. The van der Waals surface area contributed by atoms with Gasteiger partial charge in [0.25, 0.3) is 5.56 Å². The molecule has 1 aromatic heterocycles. The standard InChI is InChI=1S/C16H18N4O4/c1-24-12-4-2-10(3-5-12)13-14(21)17-16(19-18-13)20-8-6-11(7-9-20)15(22)23/h2-5,11H,6-9H2,1H3,(H,22,23)(H,17,19,21). The van der Waals surface area contributed by atoms with Crippen LogP contribution in [0.15, 0.2) is 29.1 Å². The molecule has 2 aromatic rings. The lowest BCUT2D eigenvalue weighted by molar-refractivity contribution is -0.142. The number of carboxylic acid groups (broad SMARTS) is 1. The highest BCUT2D eigenvalue weighted by atomic mass is 16.5. The molecule has 1 saturated heterocycles. The lowest BCUT2D eigenvalue weighted by Gasteiger charge is -2.29. The summed E-state index contributed by atoms with van der Waals surface area (Å²) in [5.41, 5.74) is 0.563. The molecule has 0 spiro atoms. The first-order valence-electron chi connectivity index (χ1n) is 7.67. The van der Waals surface area contributed by atoms with E-state index in [1.54, 1.807) is 31.4 Å². The number of carbonyl (C=O) groups is 1. The Balaban J connectivity index is 1.77. The van der Waals surface area contributed by atoms with Crippen LogP contribution in [0.4, 0.5) is 5.95 Å². The molecule has 3 rings (SSSR count). The highest BCUT2D eigenvalue weighted by Gasteiger charge is 2.25. The molecule has 0 saturated carbocycles. The quantitative estimate of drug-likeness (QED) is 0.865. The third kappa shape index (κ3) is 3.22. The van der Waals surface area contributed by atoms with Crippen molar-refractivity contribution in [2.45, 2.75) is 12.8 Å². The van der Waals surface area contributed by atoms with Crippen molar-refractivity contribution in [1.29, 1.82) is 0 Å². The van der Waals surface area contributed by atoms with Gasteiger partial charge in [0, 0.05) is 18.7 Å². The minimum atomic E-state index is -0.774. The molecule has 1 aromatic carbocycles. The maximum Gasteiger partial charge on any atom is 0.306 e. The molecular weight excluding hydrogens is 312 g/mol. The average Bonchev–Trinajstić information content (AvgIpc) is 2.62. The molecule has 0 unspecified atom stereocenters. The smallest absolute Gasteiger partial charge is 0.306 e. The summed E-state index contributed by atoms with van der Waals surface area (Å²) in [4.78, 5) is 27.9. The van der Waals surface area contributed by atoms with Gasteiger partial charge in [0.15, 0.2) is 5.69 Å². The summed E-state index contributed by atoms with van der Waals surface area (Å²) < 4.78 is 5.09. The predicted molar refractivity (Wildman–Crippen MR) is 87.2 cm³/mol. The van der Waals surface area contributed by atoms with Crippen molar-refractivity contribution in [2.75, 3.05) is 25.1 Å². The maximum absolute atomic E-state index is 12.3. The van der Waals surface area contributed by atoms with Crippen LogP contribution in [0.1, 0.15) is 12.8 Å². The number of nitrogens with one attached hydrogen (secondary N) is 1. The van der Waals surface area contributed by atoms with Crippen LogP contribution in [0.25, 0.3) is 11.3 Å². The van der Waals surface area contributed by atoms with Gasteiger partial charge in [-0.05, 0) is 37.1 Å². The minimum Gasteiger partial charge on any atom is -0.497 e. The van der Waals surface area contributed by atoms with Crippen LogP contribution in [-0.2, 0) is 4.79 Å². The topological polar surface area (TPSA) is 108 Å². The largest absolute Gasteiger partial charge is 0.497 e. The third-order valence-electron chi connectivity index (χ3n) is 4.19. The predicted octanol–water partition coefficient (Wildman–Crippen LogP) is 1.14. The molecule has 1 aliphatic heterocycles. The summed E-state index contributed by atoms with van der Waals surface area (Å²) in [6.45, 7) is 1.06. The number of aliphatic carboxylic acids is 1. The van der Waals surface area contributed by atoms with E-state index in [4.69, 9.17) is 9.84 Å². The van der Waals surface area contributed by atoms with Crippen molar-refractivity contribution in [3.05, 3.63) is 34.6 Å². The zero-order valence-electron chi connectivity index (χ0n) is 13.2. The van der Waals surface area contributed by atoms with Crippen LogP contribution in [0.2, 0.25) is 0 Å². The van der Waals surface area contributed by atoms with Crippen molar-refractivity contribution in [3.63, 3.8) is 0 Å². The molecule has 126 valence electrons. The molecule has 2 heterocycles. The SMILES string of the molecule is COc1ccc(-c2nnc(N3CCC(C(=O)O)CC3)[nH]c2=O)cc1. The average molecular weight is 330 g/mol. The van der Waals surface area contributed by atoms with Gasteiger partial charge in [0.2, 0.25) is 5.95 Å². The van der Waals surface area contributed by atoms with Crippen molar-refractivity contribution in [3.8, 4) is 17.0 Å². The summed E-state index contributed by atoms with van der Waals surface area (Å²) in [6.07, 6.45) is 1.05. The van der Waals surface area contributed by atoms with Gasteiger partial charge in [-0.3, -0.25) is 14.6 Å². The normalized spacial score (nSPS) is 15.3. The Morgan fingerprint density at radius 2 is 1.92 bits per heavy atom. The molecule has 1 fully saturated rings. The number of rotatable bonds is 4. The van der Waals surface area contributed by atoms with Gasteiger partial charge in [-0.15, -0.1) is 10.2 Å². The van der Waals surface area contributed by atoms with Crippen LogP contribution in [-0.4, -0.2) is 46.5 Å². The van der Waals surface area contributed by atoms with E-state index >= 15 is 0 Å². The summed E-state index contributed by atoms with van der Waals surface area (Å²) >= 11 is 0. The van der Waals surface area contributed by atoms with E-state index in [1.165, 1.54) is 0 Å². The van der Waals surface area contributed by atoms with Crippen LogP contribution >= 0.6 is 0 Å². The third-order valence-corrected chi connectivity index (χ3v) is 4.19. The van der Waals surface area contributed by atoms with E-state index in [0.717, 1.165) is 0 Å². The Labute approximate surface area is 138 Å². The fourth-order valence-electron chi connectivity index (χ4n) is 2.75. The van der Waals surface area contributed by atoms with E-state index in [1.807, 2.05) is 4.90 Å². The molecular formula is C16H18N4O4. The number of hydrogen-bond acceptors (Lipinski definition) is 6. The second-order valence-corrected chi connectivity index (χ2v) is 5.65. The number of nitrogens with zero attached hydrogens (tertiary/aromatic N) is 3.